The van der Waals surface area contributed by atoms with Crippen molar-refractivity contribution >= 4 is 0 Å². The molecule has 92 valence electrons. The lowest BCUT2D eigenvalue weighted by Crippen LogP contribution is -2.34. The van der Waals surface area contributed by atoms with Crippen molar-refractivity contribution in [3.63, 3.8) is 0 Å². The lowest BCUT2D eigenvalue weighted by Gasteiger charge is -2.30. The number of hydrogen-bond acceptors (Lipinski definition) is 2. The molecule has 3 rings (SSSR count). The van der Waals surface area contributed by atoms with Crippen molar-refractivity contribution in [2.75, 3.05) is 0 Å². The maximum absolute atomic E-state index is 4.06. The molecule has 0 aromatic carbocycles. The summed E-state index contributed by atoms with van der Waals surface area (Å²) in [5, 5.41) is 3.72. The third-order valence-corrected chi connectivity index (χ3v) is 4.35. The molecule has 2 unspecified atom stereocenters. The van der Waals surface area contributed by atoms with E-state index in [0.29, 0.717) is 0 Å². The Hall–Kier alpha value is -0.890. The highest BCUT2D eigenvalue weighted by Crippen LogP contribution is 2.43. The fraction of sp³-hybridized carbons (Fsp3) is 0.667. The first-order chi connectivity index (χ1) is 8.42. The number of hydrogen-bond donors (Lipinski definition) is 1. The third-order valence-electron chi connectivity index (χ3n) is 4.35. The van der Waals surface area contributed by atoms with E-state index in [0.717, 1.165) is 24.4 Å². The molecule has 1 aromatic rings. The van der Waals surface area contributed by atoms with Crippen LogP contribution in [-0.4, -0.2) is 11.0 Å². The molecule has 1 N–H and O–H groups in total. The average Bonchev–Trinajstić information content (AvgIpc) is 3.22. The average molecular weight is 230 g/mol. The van der Waals surface area contributed by atoms with Gasteiger partial charge in [0, 0.05) is 25.0 Å². The van der Waals surface area contributed by atoms with Crippen LogP contribution < -0.4 is 5.32 Å². The molecule has 2 saturated carbocycles. The number of pyridine rings is 1. The molecule has 0 radical (unpaired) electrons. The lowest BCUT2D eigenvalue weighted by atomic mass is 9.82. The summed E-state index contributed by atoms with van der Waals surface area (Å²) in [7, 11) is 0. The van der Waals surface area contributed by atoms with E-state index in [1.54, 1.807) is 0 Å². The normalized spacial score (nSPS) is 29.2. The zero-order chi connectivity index (χ0) is 11.5. The maximum Gasteiger partial charge on any atom is 0.0271 e. The zero-order valence-corrected chi connectivity index (χ0v) is 10.4. The minimum absolute atomic E-state index is 0.752. The molecule has 2 aliphatic carbocycles. The van der Waals surface area contributed by atoms with Crippen LogP contribution in [-0.2, 0) is 6.54 Å². The smallest absolute Gasteiger partial charge is 0.0271 e. The molecule has 1 aromatic heterocycles. The van der Waals surface area contributed by atoms with Gasteiger partial charge >= 0.3 is 0 Å². The van der Waals surface area contributed by atoms with Crippen LogP contribution in [0.25, 0.3) is 0 Å². The van der Waals surface area contributed by atoms with Gasteiger partial charge in [0.2, 0.25) is 0 Å². The van der Waals surface area contributed by atoms with Crippen molar-refractivity contribution in [3.8, 4) is 0 Å². The molecule has 17 heavy (non-hydrogen) atoms. The van der Waals surface area contributed by atoms with E-state index >= 15 is 0 Å². The van der Waals surface area contributed by atoms with Crippen LogP contribution in [0.2, 0.25) is 0 Å². The fourth-order valence-electron chi connectivity index (χ4n) is 3.17. The minimum atomic E-state index is 0.752. The summed E-state index contributed by atoms with van der Waals surface area (Å²) in [5.74, 6) is 2.11. The third kappa shape index (κ3) is 3.06. The second-order valence-corrected chi connectivity index (χ2v) is 5.70. The molecule has 2 nitrogen and oxygen atoms in total. The monoisotopic (exact) mass is 230 g/mol. The largest absolute Gasteiger partial charge is 0.310 e. The molecule has 2 aliphatic rings. The number of aromatic nitrogens is 1. The van der Waals surface area contributed by atoms with Gasteiger partial charge in [-0.2, -0.15) is 0 Å². The van der Waals surface area contributed by atoms with Gasteiger partial charge in [-0.15, -0.1) is 0 Å². The number of nitrogens with one attached hydrogen (secondary N) is 1. The quantitative estimate of drug-likeness (QED) is 0.859. The van der Waals surface area contributed by atoms with Gasteiger partial charge in [-0.3, -0.25) is 4.98 Å². The van der Waals surface area contributed by atoms with Gasteiger partial charge in [-0.25, -0.2) is 0 Å². The second-order valence-electron chi connectivity index (χ2n) is 5.70. The highest BCUT2D eigenvalue weighted by Gasteiger charge is 2.34. The Morgan fingerprint density at radius 1 is 1.06 bits per heavy atom. The van der Waals surface area contributed by atoms with E-state index in [2.05, 4.69) is 22.4 Å². The van der Waals surface area contributed by atoms with Crippen LogP contribution in [0, 0.1) is 11.8 Å². The molecular weight excluding hydrogens is 208 g/mol. The number of nitrogens with zero attached hydrogens (tertiary/aromatic N) is 1. The number of rotatable bonds is 4. The first-order valence-corrected chi connectivity index (χ1v) is 7.04. The van der Waals surface area contributed by atoms with Gasteiger partial charge in [0.15, 0.2) is 0 Å². The van der Waals surface area contributed by atoms with E-state index in [4.69, 9.17) is 0 Å². The van der Waals surface area contributed by atoms with E-state index in [9.17, 15) is 0 Å². The van der Waals surface area contributed by atoms with Crippen molar-refractivity contribution < 1.29 is 0 Å². The Morgan fingerprint density at radius 2 is 1.88 bits per heavy atom. The molecule has 1 heterocycles. The van der Waals surface area contributed by atoms with Crippen LogP contribution in [0.4, 0.5) is 0 Å². The van der Waals surface area contributed by atoms with Crippen LogP contribution in [0.15, 0.2) is 24.5 Å². The summed E-state index contributed by atoms with van der Waals surface area (Å²) in [5.41, 5.74) is 1.36. The van der Waals surface area contributed by atoms with Gasteiger partial charge in [0.1, 0.15) is 0 Å². The lowest BCUT2D eigenvalue weighted by molar-refractivity contribution is 0.260. The van der Waals surface area contributed by atoms with Crippen LogP contribution >= 0.6 is 0 Å². The first kappa shape index (κ1) is 11.2. The maximum atomic E-state index is 4.06. The van der Waals surface area contributed by atoms with Crippen molar-refractivity contribution in [2.24, 2.45) is 11.8 Å². The van der Waals surface area contributed by atoms with E-state index < -0.39 is 0 Å². The standard InChI is InChI=1S/C15H22N2/c1-2-14(13-4-5-13)10-15(3-1)17-11-12-6-8-16-9-7-12/h6-9,13-15,17H,1-5,10-11H2. The van der Waals surface area contributed by atoms with Gasteiger partial charge < -0.3 is 5.32 Å². The van der Waals surface area contributed by atoms with Gasteiger partial charge in [0.25, 0.3) is 0 Å². The predicted octanol–water partition coefficient (Wildman–Crippen LogP) is 3.14. The summed E-state index contributed by atoms with van der Waals surface area (Å²) >= 11 is 0. The topological polar surface area (TPSA) is 24.9 Å². The highest BCUT2D eigenvalue weighted by atomic mass is 14.9. The Bertz CT molecular complexity index is 345. The second kappa shape index (κ2) is 5.18. The van der Waals surface area contributed by atoms with Crippen molar-refractivity contribution in [1.82, 2.24) is 10.3 Å². The summed E-state index contributed by atoms with van der Waals surface area (Å²) in [6.07, 6.45) is 12.5. The minimum Gasteiger partial charge on any atom is -0.310 e. The molecule has 2 atom stereocenters. The Labute approximate surface area is 104 Å². The van der Waals surface area contributed by atoms with E-state index in [1.165, 1.54) is 44.1 Å². The molecule has 2 fully saturated rings. The summed E-state index contributed by atoms with van der Waals surface area (Å²) in [4.78, 5) is 4.06. The fourth-order valence-corrected chi connectivity index (χ4v) is 3.17. The zero-order valence-electron chi connectivity index (χ0n) is 10.4. The highest BCUT2D eigenvalue weighted by molar-refractivity contribution is 5.09. The summed E-state index contributed by atoms with van der Waals surface area (Å²) in [6.45, 7) is 1.00. The van der Waals surface area contributed by atoms with E-state index in [-0.39, 0.29) is 0 Å². The van der Waals surface area contributed by atoms with Gasteiger partial charge in [-0.05, 0) is 55.2 Å². The Morgan fingerprint density at radius 3 is 2.65 bits per heavy atom. The molecule has 0 saturated heterocycles. The van der Waals surface area contributed by atoms with Gasteiger partial charge in [0.05, 0.1) is 0 Å². The van der Waals surface area contributed by atoms with Crippen LogP contribution in [0.1, 0.15) is 44.1 Å². The van der Waals surface area contributed by atoms with Gasteiger partial charge in [-0.1, -0.05) is 12.8 Å². The molecule has 0 bridgehead atoms. The molecule has 2 heteroatoms. The summed E-state index contributed by atoms with van der Waals surface area (Å²) < 4.78 is 0. The summed E-state index contributed by atoms with van der Waals surface area (Å²) in [6, 6.07) is 4.96. The SMILES string of the molecule is c1cc(CNC2CCCC(C3CC3)C2)ccn1. The molecule has 0 amide bonds. The van der Waals surface area contributed by atoms with Crippen LogP contribution in [0.5, 0.6) is 0 Å². The Kier molecular flexibility index (Phi) is 3.41. The van der Waals surface area contributed by atoms with E-state index in [1.807, 2.05) is 12.4 Å². The molecule has 0 aliphatic heterocycles. The molecule has 0 spiro atoms. The van der Waals surface area contributed by atoms with Crippen molar-refractivity contribution in [1.29, 1.82) is 0 Å². The predicted molar refractivity (Wildman–Crippen MR) is 69.5 cm³/mol. The van der Waals surface area contributed by atoms with Crippen molar-refractivity contribution in [2.45, 2.75) is 51.1 Å². The first-order valence-electron chi connectivity index (χ1n) is 7.04. The Balaban J connectivity index is 1.48. The van der Waals surface area contributed by atoms with Crippen molar-refractivity contribution in [3.05, 3.63) is 30.1 Å². The van der Waals surface area contributed by atoms with Crippen LogP contribution in [0.3, 0.4) is 0 Å². The molecular formula is C15H22N2.